The molecule has 1 aromatic rings. The highest BCUT2D eigenvalue weighted by atomic mass is 16.5. The van der Waals surface area contributed by atoms with Crippen LogP contribution >= 0.6 is 0 Å². The summed E-state index contributed by atoms with van der Waals surface area (Å²) >= 11 is 0. The zero-order valence-corrected chi connectivity index (χ0v) is 11.2. The van der Waals surface area contributed by atoms with Gasteiger partial charge in [0.2, 0.25) is 0 Å². The maximum atomic E-state index is 8.82. The number of nitriles is 1. The minimum Gasteiger partial charge on any atom is -0.497 e. The summed E-state index contributed by atoms with van der Waals surface area (Å²) in [6.45, 7) is 2.19. The van der Waals surface area contributed by atoms with Crippen LogP contribution in [0.5, 0.6) is 5.75 Å². The molecule has 0 aromatic heterocycles. The van der Waals surface area contributed by atoms with Crippen LogP contribution in [0, 0.1) is 11.3 Å². The quantitative estimate of drug-likeness (QED) is 0.723. The molecule has 1 aromatic carbocycles. The van der Waals surface area contributed by atoms with Gasteiger partial charge in [-0.15, -0.1) is 0 Å². The Hall–Kier alpha value is -1.79. The van der Waals surface area contributed by atoms with Crippen molar-refractivity contribution in [2.45, 2.75) is 25.3 Å². The van der Waals surface area contributed by atoms with Crippen LogP contribution in [0.4, 0.5) is 0 Å². The van der Waals surface area contributed by atoms with Crippen molar-refractivity contribution in [3.05, 3.63) is 41.0 Å². The predicted molar refractivity (Wildman–Crippen MR) is 73.9 cm³/mol. The van der Waals surface area contributed by atoms with Crippen LogP contribution in [-0.4, -0.2) is 25.1 Å². The number of benzene rings is 1. The smallest absolute Gasteiger partial charge is 0.119 e. The highest BCUT2D eigenvalue weighted by Crippen LogP contribution is 2.39. The van der Waals surface area contributed by atoms with Gasteiger partial charge in [0.15, 0.2) is 0 Å². The number of piperidine rings is 1. The van der Waals surface area contributed by atoms with E-state index in [1.54, 1.807) is 13.2 Å². The van der Waals surface area contributed by atoms with Crippen molar-refractivity contribution in [3.8, 4) is 11.8 Å². The monoisotopic (exact) mass is 254 g/mol. The standard InChI is InChI=1S/C16H18N2O/c1-19-14-2-3-15-13(11-14)6-9-18-8-5-12(4-7-17)10-16(15)18/h2-4,11,16H,5-6,8-10H2,1H3/t16-/m0/s1. The van der Waals surface area contributed by atoms with E-state index in [0.29, 0.717) is 6.04 Å². The number of hydrogen-bond donors (Lipinski definition) is 0. The summed E-state index contributed by atoms with van der Waals surface area (Å²) in [5.41, 5.74) is 4.10. The molecule has 1 atom stereocenters. The highest BCUT2D eigenvalue weighted by molar-refractivity contribution is 5.40. The third-order valence-electron chi connectivity index (χ3n) is 4.26. The minimum atomic E-state index is 0.447. The molecule has 3 nitrogen and oxygen atoms in total. The van der Waals surface area contributed by atoms with Gasteiger partial charge in [0, 0.05) is 25.2 Å². The van der Waals surface area contributed by atoms with E-state index in [-0.39, 0.29) is 0 Å². The minimum absolute atomic E-state index is 0.447. The van der Waals surface area contributed by atoms with E-state index in [0.717, 1.165) is 38.1 Å². The molecule has 3 heteroatoms. The second-order valence-corrected chi connectivity index (χ2v) is 5.25. The van der Waals surface area contributed by atoms with Crippen LogP contribution in [0.1, 0.15) is 30.0 Å². The van der Waals surface area contributed by atoms with Crippen molar-refractivity contribution in [1.82, 2.24) is 4.90 Å². The molecule has 0 spiro atoms. The fourth-order valence-electron chi connectivity index (χ4n) is 3.23. The molecule has 0 aliphatic carbocycles. The first-order valence-electron chi connectivity index (χ1n) is 6.80. The molecule has 2 heterocycles. The van der Waals surface area contributed by atoms with Crippen LogP contribution in [0.3, 0.4) is 0 Å². The predicted octanol–water partition coefficient (Wildman–Crippen LogP) is 2.84. The fraction of sp³-hybridized carbons (Fsp3) is 0.438. The number of ether oxygens (including phenoxy) is 1. The first-order chi connectivity index (χ1) is 9.31. The van der Waals surface area contributed by atoms with Gasteiger partial charge < -0.3 is 4.74 Å². The van der Waals surface area contributed by atoms with E-state index in [9.17, 15) is 0 Å². The molecule has 2 aliphatic heterocycles. The van der Waals surface area contributed by atoms with Crippen LogP contribution in [-0.2, 0) is 6.42 Å². The summed E-state index contributed by atoms with van der Waals surface area (Å²) < 4.78 is 5.31. The molecule has 0 bridgehead atoms. The number of rotatable bonds is 1. The lowest BCUT2D eigenvalue weighted by Gasteiger charge is -2.41. The Balaban J connectivity index is 1.93. The van der Waals surface area contributed by atoms with E-state index in [2.05, 4.69) is 23.1 Å². The maximum absolute atomic E-state index is 8.82. The molecule has 0 unspecified atom stereocenters. The molecule has 0 N–H and O–H groups in total. The summed E-state index contributed by atoms with van der Waals surface area (Å²) in [5, 5.41) is 8.82. The third kappa shape index (κ3) is 2.24. The molecular formula is C16H18N2O. The average molecular weight is 254 g/mol. The van der Waals surface area contributed by atoms with Crippen molar-refractivity contribution >= 4 is 0 Å². The van der Waals surface area contributed by atoms with E-state index in [1.807, 2.05) is 6.07 Å². The van der Waals surface area contributed by atoms with E-state index < -0.39 is 0 Å². The van der Waals surface area contributed by atoms with E-state index in [1.165, 1.54) is 16.7 Å². The van der Waals surface area contributed by atoms with Crippen molar-refractivity contribution in [3.63, 3.8) is 0 Å². The van der Waals surface area contributed by atoms with Crippen LogP contribution in [0.25, 0.3) is 0 Å². The van der Waals surface area contributed by atoms with Gasteiger partial charge in [-0.3, -0.25) is 4.90 Å². The lowest BCUT2D eigenvalue weighted by molar-refractivity contribution is 0.163. The highest BCUT2D eigenvalue weighted by Gasteiger charge is 2.31. The van der Waals surface area contributed by atoms with E-state index in [4.69, 9.17) is 10.00 Å². The van der Waals surface area contributed by atoms with Gasteiger partial charge >= 0.3 is 0 Å². The van der Waals surface area contributed by atoms with Crippen molar-refractivity contribution < 1.29 is 4.74 Å². The van der Waals surface area contributed by atoms with Gasteiger partial charge in [-0.05, 0) is 42.5 Å². The van der Waals surface area contributed by atoms with Crippen molar-refractivity contribution in [2.75, 3.05) is 20.2 Å². The molecule has 98 valence electrons. The largest absolute Gasteiger partial charge is 0.497 e. The first-order valence-corrected chi connectivity index (χ1v) is 6.80. The fourth-order valence-corrected chi connectivity index (χ4v) is 3.23. The van der Waals surface area contributed by atoms with Crippen LogP contribution < -0.4 is 4.74 Å². The van der Waals surface area contributed by atoms with Gasteiger partial charge in [0.1, 0.15) is 5.75 Å². The Kier molecular flexibility index (Phi) is 3.27. The second-order valence-electron chi connectivity index (χ2n) is 5.25. The van der Waals surface area contributed by atoms with Crippen molar-refractivity contribution in [2.24, 2.45) is 0 Å². The SMILES string of the molecule is COc1ccc2c(c1)CCN1CCC(=CC#N)C[C@@H]21. The Bertz CT molecular complexity index is 556. The molecule has 0 radical (unpaired) electrons. The van der Waals surface area contributed by atoms with Crippen molar-refractivity contribution in [1.29, 1.82) is 5.26 Å². The molecule has 0 amide bonds. The van der Waals surface area contributed by atoms with Gasteiger partial charge in [0.25, 0.3) is 0 Å². The summed E-state index contributed by atoms with van der Waals surface area (Å²) in [4.78, 5) is 2.55. The molecule has 19 heavy (non-hydrogen) atoms. The zero-order valence-electron chi connectivity index (χ0n) is 11.2. The summed E-state index contributed by atoms with van der Waals surface area (Å²) in [5.74, 6) is 0.941. The Morgan fingerprint density at radius 3 is 3.00 bits per heavy atom. The number of fused-ring (bicyclic) bond motifs is 3. The zero-order chi connectivity index (χ0) is 13.2. The van der Waals surface area contributed by atoms with Gasteiger partial charge in [-0.2, -0.15) is 5.26 Å². The maximum Gasteiger partial charge on any atom is 0.119 e. The molecular weight excluding hydrogens is 236 g/mol. The summed E-state index contributed by atoms with van der Waals surface area (Å²) in [6, 6.07) is 9.02. The lowest BCUT2D eigenvalue weighted by atomic mass is 9.85. The number of nitrogens with zero attached hydrogens (tertiary/aromatic N) is 2. The number of hydrogen-bond acceptors (Lipinski definition) is 3. The van der Waals surface area contributed by atoms with Crippen LogP contribution in [0.2, 0.25) is 0 Å². The molecule has 2 aliphatic rings. The Morgan fingerprint density at radius 1 is 1.37 bits per heavy atom. The lowest BCUT2D eigenvalue weighted by Crippen LogP contribution is -2.39. The topological polar surface area (TPSA) is 36.3 Å². The summed E-state index contributed by atoms with van der Waals surface area (Å²) in [7, 11) is 1.71. The normalized spacial score (nSPS) is 24.4. The molecule has 3 rings (SSSR count). The average Bonchev–Trinajstić information content (AvgIpc) is 2.46. The molecule has 1 fully saturated rings. The summed E-state index contributed by atoms with van der Waals surface area (Å²) in [6.07, 6.45) is 4.86. The Labute approximate surface area is 114 Å². The molecule has 1 saturated heterocycles. The third-order valence-corrected chi connectivity index (χ3v) is 4.26. The van der Waals surface area contributed by atoms with Gasteiger partial charge in [0.05, 0.1) is 13.2 Å². The molecule has 0 saturated carbocycles. The van der Waals surface area contributed by atoms with Crippen LogP contribution in [0.15, 0.2) is 29.8 Å². The van der Waals surface area contributed by atoms with Gasteiger partial charge in [-0.1, -0.05) is 11.6 Å². The van der Waals surface area contributed by atoms with E-state index >= 15 is 0 Å². The van der Waals surface area contributed by atoms with Gasteiger partial charge in [-0.25, -0.2) is 0 Å². The Morgan fingerprint density at radius 2 is 2.21 bits per heavy atom. The number of allylic oxidation sites excluding steroid dienone is 1. The first kappa shape index (κ1) is 12.3. The number of methoxy groups -OCH3 is 1. The second kappa shape index (κ2) is 5.07.